The molecule has 3 aromatic rings. The number of rotatable bonds is 6. The van der Waals surface area contributed by atoms with Crippen LogP contribution in [0.1, 0.15) is 40.8 Å². The first-order valence-electron chi connectivity index (χ1n) is 12.1. The molecular formula is C26H29ClF3N5O3. The molecule has 0 bridgehead atoms. The standard InChI is InChI=1S/C26H28F3N5O3.ClH/c1-36-21-8-7-17(11-22(21)37-2)19-12-23(26(27,28)29)34-24(32-19)13-20(33-34)15-3-5-16(6-4-15)25(35)31-18-9-10-30-14-18;/h3-8,11,13,18-19,23,30,32H,9-10,12,14H2,1-2H3,(H,31,35);1H/t18-,19-,23+;/m0./s1. The summed E-state index contributed by atoms with van der Waals surface area (Å²) >= 11 is 0. The Labute approximate surface area is 224 Å². The third-order valence-corrected chi connectivity index (χ3v) is 6.95. The fourth-order valence-corrected chi connectivity index (χ4v) is 4.95. The molecule has 1 amide bonds. The van der Waals surface area contributed by atoms with E-state index in [1.807, 2.05) is 0 Å². The fraction of sp³-hybridized carbons (Fsp3) is 0.385. The predicted octanol–water partition coefficient (Wildman–Crippen LogP) is 0.297. The molecule has 2 aliphatic heterocycles. The SMILES string of the molecule is COc1ccc([C@@H]2C[C@H](C(F)(F)F)n3nc(-c4ccc(C(=O)N[C@H]5CC[NH2+]C5)cc4)cc3N2)cc1OC.[Cl-]. The molecule has 0 unspecified atom stereocenters. The highest BCUT2D eigenvalue weighted by molar-refractivity contribution is 5.94. The van der Waals surface area contributed by atoms with E-state index in [9.17, 15) is 18.0 Å². The van der Waals surface area contributed by atoms with Crippen LogP contribution in [0.25, 0.3) is 11.3 Å². The van der Waals surface area contributed by atoms with E-state index >= 15 is 0 Å². The first kappa shape index (κ1) is 27.6. The van der Waals surface area contributed by atoms with Crippen LogP contribution in [0.5, 0.6) is 11.5 Å². The average molecular weight is 552 g/mol. The minimum absolute atomic E-state index is 0. The number of fused-ring (bicyclic) bond motifs is 1. The Balaban J connectivity index is 0.00000336. The highest BCUT2D eigenvalue weighted by atomic mass is 35.5. The van der Waals surface area contributed by atoms with Crippen LogP contribution < -0.4 is 37.8 Å². The number of alkyl halides is 3. The van der Waals surface area contributed by atoms with Gasteiger partial charge in [-0.15, -0.1) is 0 Å². The summed E-state index contributed by atoms with van der Waals surface area (Å²) < 4.78 is 53.9. The second-order valence-corrected chi connectivity index (χ2v) is 9.31. The second kappa shape index (κ2) is 11.1. The van der Waals surface area contributed by atoms with Gasteiger partial charge < -0.3 is 37.8 Å². The molecule has 0 aliphatic carbocycles. The minimum atomic E-state index is -4.49. The zero-order valence-corrected chi connectivity index (χ0v) is 21.6. The lowest BCUT2D eigenvalue weighted by Crippen LogP contribution is -3.00. The maximum atomic E-state index is 14.1. The Hall–Kier alpha value is -3.44. The molecule has 12 heteroatoms. The summed E-state index contributed by atoms with van der Waals surface area (Å²) in [5, 5.41) is 12.7. The Morgan fingerprint density at radius 3 is 2.47 bits per heavy atom. The molecule has 5 rings (SSSR count). The van der Waals surface area contributed by atoms with E-state index in [1.54, 1.807) is 48.5 Å². The third kappa shape index (κ3) is 5.53. The van der Waals surface area contributed by atoms with Crippen molar-refractivity contribution in [2.45, 2.75) is 37.1 Å². The second-order valence-electron chi connectivity index (χ2n) is 9.31. The zero-order valence-electron chi connectivity index (χ0n) is 20.9. The first-order chi connectivity index (χ1) is 17.8. The molecule has 2 aromatic carbocycles. The van der Waals surface area contributed by atoms with Gasteiger partial charge in [0.2, 0.25) is 0 Å². The summed E-state index contributed by atoms with van der Waals surface area (Å²) in [4.78, 5) is 12.5. The topological polar surface area (TPSA) is 94.0 Å². The molecule has 0 saturated carbocycles. The monoisotopic (exact) mass is 551 g/mol. The van der Waals surface area contributed by atoms with Crippen molar-refractivity contribution in [3.05, 3.63) is 59.7 Å². The lowest BCUT2D eigenvalue weighted by molar-refractivity contribution is -0.636. The van der Waals surface area contributed by atoms with Crippen LogP contribution in [0.2, 0.25) is 0 Å². The molecule has 3 atom stereocenters. The highest BCUT2D eigenvalue weighted by Crippen LogP contribution is 2.45. The smallest absolute Gasteiger partial charge is 0.410 e. The Morgan fingerprint density at radius 1 is 1.11 bits per heavy atom. The summed E-state index contributed by atoms with van der Waals surface area (Å²) in [7, 11) is 2.99. The Kier molecular flexibility index (Phi) is 8.08. The van der Waals surface area contributed by atoms with Crippen molar-refractivity contribution in [2.24, 2.45) is 0 Å². The summed E-state index contributed by atoms with van der Waals surface area (Å²) in [5.74, 6) is 1.05. The maximum Gasteiger partial charge on any atom is 0.410 e. The highest BCUT2D eigenvalue weighted by Gasteiger charge is 2.46. The van der Waals surface area contributed by atoms with Crippen molar-refractivity contribution in [3.63, 3.8) is 0 Å². The molecule has 1 fully saturated rings. The molecule has 204 valence electrons. The maximum absolute atomic E-state index is 14.1. The average Bonchev–Trinajstić information content (AvgIpc) is 3.57. The quantitative estimate of drug-likeness (QED) is 0.410. The molecule has 1 aromatic heterocycles. The summed E-state index contributed by atoms with van der Waals surface area (Å²) in [6, 6.07) is 11.2. The molecule has 2 aliphatic rings. The molecule has 38 heavy (non-hydrogen) atoms. The number of hydrogen-bond donors (Lipinski definition) is 3. The number of amides is 1. The van der Waals surface area contributed by atoms with Crippen molar-refractivity contribution < 1.29 is 45.2 Å². The lowest BCUT2D eigenvalue weighted by Gasteiger charge is -2.33. The van der Waals surface area contributed by atoms with Crippen molar-refractivity contribution in [1.29, 1.82) is 0 Å². The van der Waals surface area contributed by atoms with E-state index in [1.165, 1.54) is 14.2 Å². The van der Waals surface area contributed by atoms with Crippen molar-refractivity contribution >= 4 is 11.7 Å². The van der Waals surface area contributed by atoms with Gasteiger partial charge in [0, 0.05) is 30.0 Å². The number of ether oxygens (including phenoxy) is 2. The van der Waals surface area contributed by atoms with Crippen molar-refractivity contribution in [3.8, 4) is 22.8 Å². The number of nitrogens with one attached hydrogen (secondary N) is 2. The van der Waals surface area contributed by atoms with Crippen LogP contribution >= 0.6 is 0 Å². The predicted molar refractivity (Wildman–Crippen MR) is 131 cm³/mol. The number of quaternary nitrogens is 1. The summed E-state index contributed by atoms with van der Waals surface area (Å²) in [6.45, 7) is 1.86. The van der Waals surface area contributed by atoms with Crippen LogP contribution in [0.3, 0.4) is 0 Å². The van der Waals surface area contributed by atoms with Gasteiger partial charge in [-0.3, -0.25) is 4.79 Å². The zero-order chi connectivity index (χ0) is 26.2. The Bertz CT molecular complexity index is 1280. The van der Waals surface area contributed by atoms with Crippen LogP contribution in [-0.2, 0) is 0 Å². The number of anilines is 1. The van der Waals surface area contributed by atoms with Crippen molar-refractivity contribution in [1.82, 2.24) is 15.1 Å². The van der Waals surface area contributed by atoms with Crippen molar-refractivity contribution in [2.75, 3.05) is 32.6 Å². The van der Waals surface area contributed by atoms with E-state index in [-0.39, 0.29) is 36.6 Å². The Morgan fingerprint density at radius 2 is 1.84 bits per heavy atom. The summed E-state index contributed by atoms with van der Waals surface area (Å²) in [5.41, 5.74) is 2.16. The van der Waals surface area contributed by atoms with E-state index in [0.29, 0.717) is 33.9 Å². The molecule has 0 radical (unpaired) electrons. The number of aromatic nitrogens is 2. The van der Waals surface area contributed by atoms with E-state index in [0.717, 1.165) is 24.2 Å². The van der Waals surface area contributed by atoms with Gasteiger partial charge in [-0.25, -0.2) is 4.68 Å². The number of carbonyl (C=O) groups is 1. The minimum Gasteiger partial charge on any atom is -1.00 e. The molecule has 3 heterocycles. The van der Waals surface area contributed by atoms with Gasteiger partial charge in [-0.1, -0.05) is 18.2 Å². The van der Waals surface area contributed by atoms with Crippen LogP contribution in [0.4, 0.5) is 19.0 Å². The van der Waals surface area contributed by atoms with Gasteiger partial charge in [0.15, 0.2) is 17.5 Å². The van der Waals surface area contributed by atoms with Crippen LogP contribution in [0.15, 0.2) is 48.5 Å². The first-order valence-corrected chi connectivity index (χ1v) is 12.1. The number of methoxy groups -OCH3 is 2. The largest absolute Gasteiger partial charge is 1.00 e. The van der Waals surface area contributed by atoms with Gasteiger partial charge in [0.25, 0.3) is 5.91 Å². The van der Waals surface area contributed by atoms with Gasteiger partial charge in [-0.05, 0) is 29.8 Å². The number of benzene rings is 2. The molecule has 4 N–H and O–H groups in total. The number of nitrogens with two attached hydrogens (primary N) is 1. The number of hydrogen-bond acceptors (Lipinski definition) is 5. The fourth-order valence-electron chi connectivity index (χ4n) is 4.95. The van der Waals surface area contributed by atoms with Crippen LogP contribution in [0, 0.1) is 0 Å². The number of nitrogens with zero attached hydrogens (tertiary/aromatic N) is 2. The van der Waals surface area contributed by atoms with E-state index in [2.05, 4.69) is 21.0 Å². The normalized spacial score (nSPS) is 20.6. The van der Waals surface area contributed by atoms with Gasteiger partial charge in [0.1, 0.15) is 5.82 Å². The lowest BCUT2D eigenvalue weighted by atomic mass is 9.96. The molecule has 0 spiro atoms. The third-order valence-electron chi connectivity index (χ3n) is 6.95. The summed E-state index contributed by atoms with van der Waals surface area (Å²) in [6.07, 6.45) is -3.79. The van der Waals surface area contributed by atoms with Crippen LogP contribution in [-0.4, -0.2) is 55.2 Å². The number of halogens is 4. The number of carbonyl (C=O) groups excluding carboxylic acids is 1. The van der Waals surface area contributed by atoms with E-state index in [4.69, 9.17) is 9.47 Å². The molecule has 1 saturated heterocycles. The molecular weight excluding hydrogens is 523 g/mol. The van der Waals surface area contributed by atoms with Gasteiger partial charge in [0.05, 0.1) is 45.1 Å². The van der Waals surface area contributed by atoms with Gasteiger partial charge >= 0.3 is 6.18 Å². The molecule has 8 nitrogen and oxygen atoms in total. The van der Waals surface area contributed by atoms with Gasteiger partial charge in [-0.2, -0.15) is 18.3 Å². The van der Waals surface area contributed by atoms with E-state index < -0.39 is 18.3 Å².